The molecule has 21 heavy (non-hydrogen) atoms. The smallest absolute Gasteiger partial charge is 0.268 e. The lowest BCUT2D eigenvalue weighted by atomic mass is 10.1. The molecule has 5 nitrogen and oxygen atoms in total. The molecule has 1 aliphatic heterocycles. The van der Waals surface area contributed by atoms with Crippen molar-refractivity contribution in [2.75, 3.05) is 6.54 Å². The van der Waals surface area contributed by atoms with Gasteiger partial charge in [0.05, 0.1) is 0 Å². The Kier molecular flexibility index (Phi) is 3.37. The first-order chi connectivity index (χ1) is 10.1. The maximum absolute atomic E-state index is 13.3. The maximum atomic E-state index is 13.3. The second-order valence-corrected chi connectivity index (χ2v) is 5.27. The first-order valence-electron chi connectivity index (χ1n) is 6.92. The molecular formula is C15H16FN3O2. The van der Waals surface area contributed by atoms with Crippen LogP contribution in [0.2, 0.25) is 0 Å². The average Bonchev–Trinajstić information content (AvgIpc) is 2.79. The van der Waals surface area contributed by atoms with Gasteiger partial charge in [0.15, 0.2) is 0 Å². The number of hydrogen-bond acceptors (Lipinski definition) is 2. The summed E-state index contributed by atoms with van der Waals surface area (Å²) in [7, 11) is 0. The summed E-state index contributed by atoms with van der Waals surface area (Å²) in [5, 5.41) is 6.12. The van der Waals surface area contributed by atoms with Crippen molar-refractivity contribution in [3.63, 3.8) is 0 Å². The van der Waals surface area contributed by atoms with Crippen LogP contribution >= 0.6 is 0 Å². The summed E-state index contributed by atoms with van der Waals surface area (Å²) < 4.78 is 13.3. The summed E-state index contributed by atoms with van der Waals surface area (Å²) in [5.74, 6) is -0.844. The van der Waals surface area contributed by atoms with Gasteiger partial charge in [0.2, 0.25) is 5.91 Å². The van der Waals surface area contributed by atoms with Crippen LogP contribution in [0.1, 0.15) is 28.9 Å². The number of nitrogens with one attached hydrogen (secondary N) is 3. The van der Waals surface area contributed by atoms with Crippen LogP contribution in [-0.2, 0) is 4.79 Å². The predicted octanol–water partition coefficient (Wildman–Crippen LogP) is 1.62. The number of aromatic amines is 1. The first kappa shape index (κ1) is 13.6. The minimum absolute atomic E-state index is 0.158. The maximum Gasteiger partial charge on any atom is 0.268 e. The second-order valence-electron chi connectivity index (χ2n) is 5.27. The lowest BCUT2D eigenvalue weighted by Gasteiger charge is -2.22. The molecule has 0 spiro atoms. The normalized spacial score (nSPS) is 18.6. The van der Waals surface area contributed by atoms with E-state index in [1.807, 2.05) is 0 Å². The number of halogens is 1. The molecule has 0 saturated carbocycles. The molecular weight excluding hydrogens is 273 g/mol. The van der Waals surface area contributed by atoms with Gasteiger partial charge in [-0.05, 0) is 43.5 Å². The van der Waals surface area contributed by atoms with Crippen LogP contribution in [-0.4, -0.2) is 29.4 Å². The zero-order chi connectivity index (χ0) is 15.0. The van der Waals surface area contributed by atoms with E-state index in [4.69, 9.17) is 0 Å². The van der Waals surface area contributed by atoms with Gasteiger partial charge >= 0.3 is 0 Å². The highest BCUT2D eigenvalue weighted by molar-refractivity contribution is 6.02. The fourth-order valence-corrected chi connectivity index (χ4v) is 2.67. The molecule has 3 rings (SSSR count). The monoisotopic (exact) mass is 289 g/mol. The molecule has 0 unspecified atom stereocenters. The van der Waals surface area contributed by atoms with E-state index in [1.165, 1.54) is 12.1 Å². The molecule has 2 heterocycles. The quantitative estimate of drug-likeness (QED) is 0.786. The number of hydrogen-bond donors (Lipinski definition) is 3. The molecule has 1 atom stereocenters. The van der Waals surface area contributed by atoms with Gasteiger partial charge in [-0.25, -0.2) is 4.39 Å². The third kappa shape index (κ3) is 2.49. The van der Waals surface area contributed by atoms with Gasteiger partial charge in [0.1, 0.15) is 17.6 Å². The van der Waals surface area contributed by atoms with Crippen LogP contribution in [0.15, 0.2) is 18.2 Å². The van der Waals surface area contributed by atoms with E-state index in [1.54, 1.807) is 13.0 Å². The second kappa shape index (κ2) is 5.20. The van der Waals surface area contributed by atoms with Crippen LogP contribution in [0, 0.1) is 12.7 Å². The number of aryl methyl sites for hydroxylation is 1. The first-order valence-corrected chi connectivity index (χ1v) is 6.92. The Labute approximate surface area is 120 Å². The highest BCUT2D eigenvalue weighted by Crippen LogP contribution is 2.22. The Hall–Kier alpha value is -2.37. The largest absolute Gasteiger partial charge is 0.354 e. The van der Waals surface area contributed by atoms with Gasteiger partial charge in [0, 0.05) is 17.4 Å². The van der Waals surface area contributed by atoms with E-state index in [2.05, 4.69) is 15.6 Å². The zero-order valence-electron chi connectivity index (χ0n) is 11.6. The topological polar surface area (TPSA) is 74.0 Å². The Morgan fingerprint density at radius 2 is 2.24 bits per heavy atom. The highest BCUT2D eigenvalue weighted by atomic mass is 19.1. The van der Waals surface area contributed by atoms with Gasteiger partial charge in [-0.15, -0.1) is 0 Å². The summed E-state index contributed by atoms with van der Waals surface area (Å²) in [6.45, 7) is 2.41. The molecule has 2 amide bonds. The number of rotatable bonds is 2. The predicted molar refractivity (Wildman–Crippen MR) is 76.5 cm³/mol. The van der Waals surface area contributed by atoms with Crippen molar-refractivity contribution in [3.05, 3.63) is 35.3 Å². The molecule has 0 aliphatic carbocycles. The van der Waals surface area contributed by atoms with Crippen molar-refractivity contribution in [1.82, 2.24) is 15.6 Å². The van der Waals surface area contributed by atoms with Gasteiger partial charge in [-0.1, -0.05) is 0 Å². The van der Waals surface area contributed by atoms with Crippen molar-refractivity contribution in [1.29, 1.82) is 0 Å². The van der Waals surface area contributed by atoms with Crippen molar-refractivity contribution < 1.29 is 14.0 Å². The third-order valence-corrected chi connectivity index (χ3v) is 3.84. The van der Waals surface area contributed by atoms with E-state index in [0.717, 1.165) is 6.42 Å². The average molecular weight is 289 g/mol. The number of benzene rings is 1. The summed E-state index contributed by atoms with van der Waals surface area (Å²) in [6.07, 6.45) is 1.47. The fourth-order valence-electron chi connectivity index (χ4n) is 2.67. The summed E-state index contributed by atoms with van der Waals surface area (Å²) in [4.78, 5) is 27.0. The van der Waals surface area contributed by atoms with Crippen LogP contribution < -0.4 is 10.6 Å². The lowest BCUT2D eigenvalue weighted by Crippen LogP contribution is -2.50. The molecule has 110 valence electrons. The Balaban J connectivity index is 1.87. The summed E-state index contributed by atoms with van der Waals surface area (Å²) in [6, 6.07) is 3.83. The number of amides is 2. The minimum Gasteiger partial charge on any atom is -0.354 e. The van der Waals surface area contributed by atoms with Crippen molar-refractivity contribution in [2.24, 2.45) is 0 Å². The molecule has 0 bridgehead atoms. The fraction of sp³-hybridized carbons (Fsp3) is 0.333. The van der Waals surface area contributed by atoms with Crippen LogP contribution in [0.4, 0.5) is 4.39 Å². The molecule has 1 aromatic heterocycles. The molecule has 1 aromatic carbocycles. The third-order valence-electron chi connectivity index (χ3n) is 3.84. The zero-order valence-corrected chi connectivity index (χ0v) is 11.6. The van der Waals surface area contributed by atoms with Crippen LogP contribution in [0.5, 0.6) is 0 Å². The number of aromatic nitrogens is 1. The molecule has 1 aliphatic rings. The van der Waals surface area contributed by atoms with E-state index >= 15 is 0 Å². The van der Waals surface area contributed by atoms with Crippen molar-refractivity contribution >= 4 is 22.7 Å². The SMILES string of the molecule is Cc1c(C(=O)N[C@@H]2CCCNC2=O)[nH]c2ccc(F)cc12. The van der Waals surface area contributed by atoms with Gasteiger partial charge in [0.25, 0.3) is 5.91 Å². The van der Waals surface area contributed by atoms with Crippen LogP contribution in [0.25, 0.3) is 10.9 Å². The molecule has 1 saturated heterocycles. The summed E-state index contributed by atoms with van der Waals surface area (Å²) in [5.41, 5.74) is 1.75. The van der Waals surface area contributed by atoms with Gasteiger partial charge < -0.3 is 15.6 Å². The van der Waals surface area contributed by atoms with E-state index in [0.29, 0.717) is 35.1 Å². The van der Waals surface area contributed by atoms with E-state index in [9.17, 15) is 14.0 Å². The number of carbonyl (C=O) groups excluding carboxylic acids is 2. The molecule has 1 fully saturated rings. The minimum atomic E-state index is -0.506. The Morgan fingerprint density at radius 3 is 3.00 bits per heavy atom. The standard InChI is InChI=1S/C15H16FN3O2/c1-8-10-7-9(16)4-5-11(10)18-13(8)15(21)19-12-3-2-6-17-14(12)20/h4-5,7,12,18H,2-3,6H2,1H3,(H,17,20)(H,19,21)/t12-/m1/s1. The number of fused-ring (bicyclic) bond motifs is 1. The van der Waals surface area contributed by atoms with Gasteiger partial charge in [-0.3, -0.25) is 9.59 Å². The van der Waals surface area contributed by atoms with Crippen LogP contribution in [0.3, 0.4) is 0 Å². The summed E-state index contributed by atoms with van der Waals surface area (Å²) >= 11 is 0. The number of carbonyl (C=O) groups is 2. The Bertz CT molecular complexity index is 723. The molecule has 2 aromatic rings. The van der Waals surface area contributed by atoms with Crippen molar-refractivity contribution in [3.8, 4) is 0 Å². The van der Waals surface area contributed by atoms with Crippen molar-refractivity contribution in [2.45, 2.75) is 25.8 Å². The number of piperidine rings is 1. The van der Waals surface area contributed by atoms with Gasteiger partial charge in [-0.2, -0.15) is 0 Å². The number of H-pyrrole nitrogens is 1. The lowest BCUT2D eigenvalue weighted by molar-refractivity contribution is -0.124. The highest BCUT2D eigenvalue weighted by Gasteiger charge is 2.25. The molecule has 0 radical (unpaired) electrons. The molecule has 3 N–H and O–H groups in total. The van der Waals surface area contributed by atoms with E-state index in [-0.39, 0.29) is 17.6 Å². The molecule has 6 heteroatoms. The Morgan fingerprint density at radius 1 is 1.43 bits per heavy atom. The van der Waals surface area contributed by atoms with E-state index < -0.39 is 6.04 Å².